The molecule has 0 aliphatic carbocycles. The third-order valence-corrected chi connectivity index (χ3v) is 3.57. The Morgan fingerprint density at radius 2 is 1.81 bits per heavy atom. The van der Waals surface area contributed by atoms with Gasteiger partial charge < -0.3 is 10.4 Å². The first-order chi connectivity index (χ1) is 9.97. The van der Waals surface area contributed by atoms with Gasteiger partial charge in [0.05, 0.1) is 16.5 Å². The Labute approximate surface area is 128 Å². The molecule has 0 saturated carbocycles. The lowest BCUT2D eigenvalue weighted by Crippen LogP contribution is -2.13. The second-order valence-corrected chi connectivity index (χ2v) is 5.12. The average Bonchev–Trinajstić information content (AvgIpc) is 2.43. The number of nitrogens with one attached hydrogen (secondary N) is 1. The predicted molar refractivity (Wildman–Crippen MR) is 79.8 cm³/mol. The zero-order valence-corrected chi connectivity index (χ0v) is 12.4. The molecule has 1 amide bonds. The number of rotatable bonds is 4. The van der Waals surface area contributed by atoms with Crippen molar-refractivity contribution in [1.82, 2.24) is 0 Å². The molecule has 2 N–H and O–H groups in total. The molecule has 0 saturated heterocycles. The fourth-order valence-corrected chi connectivity index (χ4v) is 2.20. The Morgan fingerprint density at radius 3 is 2.43 bits per heavy atom. The summed E-state index contributed by atoms with van der Waals surface area (Å²) in [6.45, 7) is 0. The molecular formula is C15H11BrFNO3. The third-order valence-electron chi connectivity index (χ3n) is 2.76. The molecular weight excluding hydrogens is 341 g/mol. The first-order valence-electron chi connectivity index (χ1n) is 6.03. The normalized spacial score (nSPS) is 10.2. The van der Waals surface area contributed by atoms with E-state index in [1.54, 1.807) is 24.3 Å². The van der Waals surface area contributed by atoms with Gasteiger partial charge in [-0.1, -0.05) is 18.2 Å². The van der Waals surface area contributed by atoms with Crippen molar-refractivity contribution >= 4 is 33.5 Å². The van der Waals surface area contributed by atoms with E-state index in [1.807, 2.05) is 0 Å². The van der Waals surface area contributed by atoms with Crippen LogP contribution >= 0.6 is 15.9 Å². The van der Waals surface area contributed by atoms with Crippen LogP contribution in [0.5, 0.6) is 0 Å². The molecule has 108 valence electrons. The van der Waals surface area contributed by atoms with Crippen molar-refractivity contribution in [3.05, 3.63) is 63.9 Å². The number of hydrogen-bond donors (Lipinski definition) is 2. The smallest absolute Gasteiger partial charge is 0.307 e. The van der Waals surface area contributed by atoms with Gasteiger partial charge in [0.1, 0.15) is 5.82 Å². The Balaban J connectivity index is 2.12. The summed E-state index contributed by atoms with van der Waals surface area (Å²) in [6.07, 6.45) is -0.0797. The van der Waals surface area contributed by atoms with Gasteiger partial charge in [-0.15, -0.1) is 0 Å². The summed E-state index contributed by atoms with van der Waals surface area (Å²) < 4.78 is 13.5. The summed E-state index contributed by atoms with van der Waals surface area (Å²) in [5.41, 5.74) is 1.32. The highest BCUT2D eigenvalue weighted by molar-refractivity contribution is 9.10. The molecule has 0 fully saturated rings. The molecule has 2 aromatic carbocycles. The molecule has 4 nitrogen and oxygen atoms in total. The second kappa shape index (κ2) is 6.49. The SMILES string of the molecule is O=C(O)Cc1ccc(NC(=O)c2cccc(F)c2Br)cc1. The molecule has 0 spiro atoms. The van der Waals surface area contributed by atoms with E-state index in [4.69, 9.17) is 5.11 Å². The zero-order valence-electron chi connectivity index (χ0n) is 10.8. The molecule has 2 aromatic rings. The number of hydrogen-bond acceptors (Lipinski definition) is 2. The maximum absolute atomic E-state index is 13.4. The molecule has 0 radical (unpaired) electrons. The van der Waals surface area contributed by atoms with Crippen molar-refractivity contribution in [2.24, 2.45) is 0 Å². The summed E-state index contributed by atoms with van der Waals surface area (Å²) >= 11 is 3.03. The van der Waals surface area contributed by atoms with Crippen LogP contribution in [0.2, 0.25) is 0 Å². The molecule has 0 bridgehead atoms. The summed E-state index contributed by atoms with van der Waals surface area (Å²) in [6, 6.07) is 10.6. The van der Waals surface area contributed by atoms with Gasteiger partial charge >= 0.3 is 5.97 Å². The van der Waals surface area contributed by atoms with E-state index in [9.17, 15) is 14.0 Å². The van der Waals surface area contributed by atoms with Gasteiger partial charge in [0, 0.05) is 5.69 Å². The molecule has 0 aliphatic heterocycles. The number of amides is 1. The molecule has 0 aliphatic rings. The van der Waals surface area contributed by atoms with Gasteiger partial charge in [0.2, 0.25) is 0 Å². The van der Waals surface area contributed by atoms with E-state index >= 15 is 0 Å². The number of benzene rings is 2. The van der Waals surface area contributed by atoms with Crippen LogP contribution in [-0.2, 0) is 11.2 Å². The number of halogens is 2. The highest BCUT2D eigenvalue weighted by Gasteiger charge is 2.13. The fourth-order valence-electron chi connectivity index (χ4n) is 1.76. The van der Waals surface area contributed by atoms with Crippen LogP contribution < -0.4 is 5.32 Å². The molecule has 6 heteroatoms. The zero-order chi connectivity index (χ0) is 15.4. The van der Waals surface area contributed by atoms with Gasteiger partial charge in [0.25, 0.3) is 5.91 Å². The van der Waals surface area contributed by atoms with E-state index in [0.29, 0.717) is 11.3 Å². The lowest BCUT2D eigenvalue weighted by Gasteiger charge is -2.08. The Bertz CT molecular complexity index is 686. The maximum Gasteiger partial charge on any atom is 0.307 e. The van der Waals surface area contributed by atoms with Crippen molar-refractivity contribution in [3.8, 4) is 0 Å². The van der Waals surface area contributed by atoms with E-state index in [0.717, 1.165) is 0 Å². The minimum atomic E-state index is -0.921. The minimum Gasteiger partial charge on any atom is -0.481 e. The number of carbonyl (C=O) groups excluding carboxylic acids is 1. The number of carboxylic acids is 1. The van der Waals surface area contributed by atoms with Gasteiger partial charge in [-0.05, 0) is 45.8 Å². The van der Waals surface area contributed by atoms with Crippen LogP contribution in [0.15, 0.2) is 46.9 Å². The van der Waals surface area contributed by atoms with Crippen molar-refractivity contribution < 1.29 is 19.1 Å². The van der Waals surface area contributed by atoms with Crippen LogP contribution in [-0.4, -0.2) is 17.0 Å². The topological polar surface area (TPSA) is 66.4 Å². The average molecular weight is 352 g/mol. The largest absolute Gasteiger partial charge is 0.481 e. The van der Waals surface area contributed by atoms with Crippen molar-refractivity contribution in [2.75, 3.05) is 5.32 Å². The van der Waals surface area contributed by atoms with Crippen molar-refractivity contribution in [1.29, 1.82) is 0 Å². The van der Waals surface area contributed by atoms with Crippen LogP contribution in [0.1, 0.15) is 15.9 Å². The number of aliphatic carboxylic acids is 1. The highest BCUT2D eigenvalue weighted by atomic mass is 79.9. The maximum atomic E-state index is 13.4. The van der Waals surface area contributed by atoms with E-state index in [-0.39, 0.29) is 16.5 Å². The predicted octanol–water partition coefficient (Wildman–Crippen LogP) is 3.47. The second-order valence-electron chi connectivity index (χ2n) is 4.32. The number of carbonyl (C=O) groups is 2. The van der Waals surface area contributed by atoms with Gasteiger partial charge in [-0.3, -0.25) is 9.59 Å². The minimum absolute atomic E-state index is 0.0797. The van der Waals surface area contributed by atoms with E-state index in [1.165, 1.54) is 18.2 Å². The lowest BCUT2D eigenvalue weighted by molar-refractivity contribution is -0.136. The van der Waals surface area contributed by atoms with Crippen LogP contribution in [0.25, 0.3) is 0 Å². The molecule has 0 unspecified atom stereocenters. The molecule has 0 aromatic heterocycles. The van der Waals surface area contributed by atoms with Crippen molar-refractivity contribution in [3.63, 3.8) is 0 Å². The van der Waals surface area contributed by atoms with Crippen LogP contribution in [0.3, 0.4) is 0 Å². The molecule has 21 heavy (non-hydrogen) atoms. The number of anilines is 1. The first-order valence-corrected chi connectivity index (χ1v) is 6.83. The quantitative estimate of drug-likeness (QED) is 0.886. The monoisotopic (exact) mass is 351 g/mol. The molecule has 2 rings (SSSR count). The molecule has 0 heterocycles. The molecule has 0 atom stereocenters. The Hall–Kier alpha value is -2.21. The Kier molecular flexibility index (Phi) is 4.70. The Morgan fingerprint density at radius 1 is 1.14 bits per heavy atom. The van der Waals surface area contributed by atoms with Gasteiger partial charge in [-0.2, -0.15) is 0 Å². The van der Waals surface area contributed by atoms with Gasteiger partial charge in [-0.25, -0.2) is 4.39 Å². The van der Waals surface area contributed by atoms with Crippen LogP contribution in [0.4, 0.5) is 10.1 Å². The number of carboxylic acid groups (broad SMARTS) is 1. The summed E-state index contributed by atoms with van der Waals surface area (Å²) in [4.78, 5) is 22.6. The van der Waals surface area contributed by atoms with Crippen LogP contribution in [0, 0.1) is 5.82 Å². The summed E-state index contributed by atoms with van der Waals surface area (Å²) in [7, 11) is 0. The standard InChI is InChI=1S/C15H11BrFNO3/c16-14-11(2-1-3-12(14)17)15(21)18-10-6-4-9(5-7-10)8-13(19)20/h1-7H,8H2,(H,18,21)(H,19,20). The van der Waals surface area contributed by atoms with Gasteiger partial charge in [0.15, 0.2) is 0 Å². The summed E-state index contributed by atoms with van der Waals surface area (Å²) in [5.74, 6) is -1.89. The lowest BCUT2D eigenvalue weighted by atomic mass is 10.1. The first kappa shape index (κ1) is 15.2. The summed E-state index contributed by atoms with van der Waals surface area (Å²) in [5, 5.41) is 11.3. The third kappa shape index (κ3) is 3.88. The fraction of sp³-hybridized carbons (Fsp3) is 0.0667. The van der Waals surface area contributed by atoms with E-state index in [2.05, 4.69) is 21.2 Å². The van der Waals surface area contributed by atoms with Crippen molar-refractivity contribution in [2.45, 2.75) is 6.42 Å². The van der Waals surface area contributed by atoms with E-state index < -0.39 is 17.7 Å². The highest BCUT2D eigenvalue weighted by Crippen LogP contribution is 2.21.